The van der Waals surface area contributed by atoms with Crippen LogP contribution in [-0.2, 0) is 0 Å². The molecule has 0 aromatic heterocycles. The molecule has 0 saturated carbocycles. The van der Waals surface area contributed by atoms with Gasteiger partial charge in [0.1, 0.15) is 12.4 Å². The van der Waals surface area contributed by atoms with Gasteiger partial charge in [0.05, 0.1) is 0 Å². The highest BCUT2D eigenvalue weighted by Gasteiger charge is 2.09. The smallest absolute Gasteiger partial charge is 0.127 e. The van der Waals surface area contributed by atoms with Crippen LogP contribution in [0.3, 0.4) is 0 Å². The van der Waals surface area contributed by atoms with Crippen molar-refractivity contribution in [3.05, 3.63) is 33.8 Å². The molecule has 0 bridgehead atoms. The van der Waals surface area contributed by atoms with Crippen LogP contribution in [0, 0.1) is 0 Å². The minimum atomic E-state index is 0.561. The van der Waals surface area contributed by atoms with Crippen molar-refractivity contribution in [3.63, 3.8) is 0 Å². The van der Waals surface area contributed by atoms with E-state index in [0.29, 0.717) is 13.2 Å². The van der Waals surface area contributed by atoms with E-state index in [-0.39, 0.29) is 0 Å². The van der Waals surface area contributed by atoms with Crippen molar-refractivity contribution in [2.75, 3.05) is 13.2 Å². The van der Waals surface area contributed by atoms with Gasteiger partial charge in [0.15, 0.2) is 0 Å². The molecule has 0 fully saturated rings. The van der Waals surface area contributed by atoms with Gasteiger partial charge in [0.2, 0.25) is 0 Å². The Labute approximate surface area is 85.5 Å². The van der Waals surface area contributed by atoms with Gasteiger partial charge in [-0.25, -0.2) is 0 Å². The van der Waals surface area contributed by atoms with Crippen LogP contribution in [0.25, 0.3) is 6.08 Å². The van der Waals surface area contributed by atoms with Gasteiger partial charge in [-0.3, -0.25) is 0 Å². The van der Waals surface area contributed by atoms with Crippen molar-refractivity contribution in [2.24, 2.45) is 5.73 Å². The Kier molecular flexibility index (Phi) is 2.38. The molecule has 2 rings (SSSR count). The van der Waals surface area contributed by atoms with Crippen LogP contribution in [0.5, 0.6) is 5.75 Å². The minimum Gasteiger partial charge on any atom is -0.489 e. The number of rotatable bonds is 1. The van der Waals surface area contributed by atoms with Gasteiger partial charge in [0.25, 0.3) is 0 Å². The second-order valence-electron chi connectivity index (χ2n) is 2.98. The molecule has 1 aromatic carbocycles. The number of hydrogen-bond acceptors (Lipinski definition) is 2. The molecule has 1 aliphatic rings. The first-order chi connectivity index (χ1) is 6.29. The fraction of sp³-hybridized carbons (Fsp3) is 0.200. The lowest BCUT2D eigenvalue weighted by molar-refractivity contribution is 0.345. The molecule has 1 aromatic rings. The molecule has 1 heterocycles. The van der Waals surface area contributed by atoms with Gasteiger partial charge >= 0.3 is 0 Å². The van der Waals surface area contributed by atoms with Crippen molar-refractivity contribution in [3.8, 4) is 5.75 Å². The van der Waals surface area contributed by atoms with Gasteiger partial charge in [-0.2, -0.15) is 0 Å². The van der Waals surface area contributed by atoms with Gasteiger partial charge in [-0.15, -0.1) is 0 Å². The van der Waals surface area contributed by atoms with Crippen LogP contribution in [0.4, 0.5) is 0 Å². The normalized spacial score (nSPS) is 14.5. The first kappa shape index (κ1) is 8.78. The van der Waals surface area contributed by atoms with Gasteiger partial charge in [-0.1, -0.05) is 15.9 Å². The van der Waals surface area contributed by atoms with E-state index in [1.54, 1.807) is 0 Å². The second kappa shape index (κ2) is 3.52. The van der Waals surface area contributed by atoms with Crippen molar-refractivity contribution in [2.45, 2.75) is 0 Å². The number of halogens is 1. The maximum atomic E-state index is 5.54. The highest BCUT2D eigenvalue weighted by atomic mass is 79.9. The Morgan fingerprint density at radius 2 is 2.31 bits per heavy atom. The molecule has 2 N–H and O–H groups in total. The summed E-state index contributed by atoms with van der Waals surface area (Å²) in [6.45, 7) is 1.18. The first-order valence-electron chi connectivity index (χ1n) is 4.11. The zero-order chi connectivity index (χ0) is 9.26. The quantitative estimate of drug-likeness (QED) is 0.816. The van der Waals surface area contributed by atoms with E-state index in [2.05, 4.69) is 22.0 Å². The molecular formula is C10H10BrNO. The molecule has 0 aliphatic carbocycles. The highest BCUT2D eigenvalue weighted by Crippen LogP contribution is 2.28. The molecule has 3 heteroatoms. The van der Waals surface area contributed by atoms with Crippen LogP contribution >= 0.6 is 15.9 Å². The Balaban J connectivity index is 2.44. The average molecular weight is 240 g/mol. The Bertz CT molecular complexity index is 360. The summed E-state index contributed by atoms with van der Waals surface area (Å²) in [5.74, 6) is 0.931. The summed E-state index contributed by atoms with van der Waals surface area (Å²) >= 11 is 3.42. The van der Waals surface area contributed by atoms with E-state index in [9.17, 15) is 0 Å². The second-order valence-corrected chi connectivity index (χ2v) is 3.89. The summed E-state index contributed by atoms with van der Waals surface area (Å²) in [7, 11) is 0. The van der Waals surface area contributed by atoms with Gasteiger partial charge in [0, 0.05) is 16.6 Å². The van der Waals surface area contributed by atoms with E-state index in [4.69, 9.17) is 10.5 Å². The lowest BCUT2D eigenvalue weighted by Gasteiger charge is -2.16. The molecule has 0 saturated heterocycles. The maximum absolute atomic E-state index is 5.54. The number of nitrogens with two attached hydrogens (primary N) is 1. The predicted molar refractivity (Wildman–Crippen MR) is 56.7 cm³/mol. The zero-order valence-electron chi connectivity index (χ0n) is 7.09. The summed E-state index contributed by atoms with van der Waals surface area (Å²) in [4.78, 5) is 0. The molecular weight excluding hydrogens is 230 g/mol. The standard InChI is InChI=1S/C10H10BrNO/c11-9-1-2-10-8(4-9)3-7(5-12)6-13-10/h1-4H,5-6,12H2. The summed E-state index contributed by atoms with van der Waals surface area (Å²) in [6, 6.07) is 5.97. The molecule has 68 valence electrons. The van der Waals surface area contributed by atoms with E-state index in [0.717, 1.165) is 21.4 Å². The van der Waals surface area contributed by atoms with Crippen molar-refractivity contribution in [1.82, 2.24) is 0 Å². The lowest BCUT2D eigenvalue weighted by Crippen LogP contribution is -2.14. The maximum Gasteiger partial charge on any atom is 0.127 e. The van der Waals surface area contributed by atoms with Gasteiger partial charge < -0.3 is 10.5 Å². The molecule has 0 unspecified atom stereocenters. The monoisotopic (exact) mass is 239 g/mol. The third-order valence-corrected chi connectivity index (χ3v) is 2.50. The van der Waals surface area contributed by atoms with Crippen molar-refractivity contribution >= 4 is 22.0 Å². The molecule has 2 nitrogen and oxygen atoms in total. The molecule has 1 aliphatic heterocycles. The third-order valence-electron chi connectivity index (χ3n) is 2.01. The fourth-order valence-corrected chi connectivity index (χ4v) is 1.69. The number of benzene rings is 1. The number of ether oxygens (including phenoxy) is 1. The number of fused-ring (bicyclic) bond motifs is 1. The van der Waals surface area contributed by atoms with E-state index in [1.807, 2.05) is 18.2 Å². The Hall–Kier alpha value is -0.800. The Morgan fingerprint density at radius 1 is 1.46 bits per heavy atom. The van der Waals surface area contributed by atoms with Crippen LogP contribution in [0.1, 0.15) is 5.56 Å². The molecule has 13 heavy (non-hydrogen) atoms. The van der Waals surface area contributed by atoms with Crippen LogP contribution < -0.4 is 10.5 Å². The summed E-state index contributed by atoms with van der Waals surface area (Å²) in [5, 5.41) is 0. The Morgan fingerprint density at radius 3 is 3.08 bits per heavy atom. The fourth-order valence-electron chi connectivity index (χ4n) is 1.31. The van der Waals surface area contributed by atoms with Crippen molar-refractivity contribution in [1.29, 1.82) is 0 Å². The summed E-state index contributed by atoms with van der Waals surface area (Å²) < 4.78 is 6.57. The highest BCUT2D eigenvalue weighted by molar-refractivity contribution is 9.10. The van der Waals surface area contributed by atoms with Crippen LogP contribution in [-0.4, -0.2) is 13.2 Å². The van der Waals surface area contributed by atoms with Crippen molar-refractivity contribution < 1.29 is 4.74 Å². The average Bonchev–Trinajstić information content (AvgIpc) is 2.16. The molecule has 0 atom stereocenters. The van der Waals surface area contributed by atoms with E-state index < -0.39 is 0 Å². The SMILES string of the molecule is NCC1=Cc2cc(Br)ccc2OC1. The predicted octanol–water partition coefficient (Wildman–Crippen LogP) is 2.18. The van der Waals surface area contributed by atoms with Crippen LogP contribution in [0.2, 0.25) is 0 Å². The topological polar surface area (TPSA) is 35.2 Å². The largest absolute Gasteiger partial charge is 0.489 e. The molecule has 0 amide bonds. The lowest BCUT2D eigenvalue weighted by atomic mass is 10.1. The number of hydrogen-bond donors (Lipinski definition) is 1. The minimum absolute atomic E-state index is 0.561. The van der Waals surface area contributed by atoms with Crippen LogP contribution in [0.15, 0.2) is 28.2 Å². The van der Waals surface area contributed by atoms with E-state index in [1.165, 1.54) is 0 Å². The summed E-state index contributed by atoms with van der Waals surface area (Å²) in [5.41, 5.74) is 7.77. The first-order valence-corrected chi connectivity index (χ1v) is 4.91. The molecule has 0 spiro atoms. The zero-order valence-corrected chi connectivity index (χ0v) is 8.67. The summed E-state index contributed by atoms with van der Waals surface area (Å²) in [6.07, 6.45) is 2.09. The van der Waals surface area contributed by atoms with E-state index >= 15 is 0 Å². The molecule has 0 radical (unpaired) electrons. The van der Waals surface area contributed by atoms with Gasteiger partial charge in [-0.05, 0) is 29.8 Å². The third kappa shape index (κ3) is 1.76.